The third-order valence-electron chi connectivity index (χ3n) is 4.06. The van der Waals surface area contributed by atoms with Gasteiger partial charge in [0.1, 0.15) is 5.82 Å². The maximum absolute atomic E-state index is 12.2. The minimum absolute atomic E-state index is 0.0249. The van der Waals surface area contributed by atoms with Crippen molar-refractivity contribution in [2.24, 2.45) is 0 Å². The van der Waals surface area contributed by atoms with Crippen molar-refractivity contribution < 1.29 is 4.79 Å². The van der Waals surface area contributed by atoms with Gasteiger partial charge in [0.25, 0.3) is 0 Å². The monoisotopic (exact) mass is 360 g/mol. The van der Waals surface area contributed by atoms with Gasteiger partial charge in [-0.05, 0) is 37.0 Å². The van der Waals surface area contributed by atoms with E-state index in [1.807, 2.05) is 12.1 Å². The van der Waals surface area contributed by atoms with Gasteiger partial charge in [0.15, 0.2) is 5.16 Å². The molecule has 0 saturated carbocycles. The van der Waals surface area contributed by atoms with E-state index in [4.69, 9.17) is 0 Å². The highest BCUT2D eigenvalue weighted by molar-refractivity contribution is 7.99. The van der Waals surface area contributed by atoms with Crippen molar-refractivity contribution in [3.8, 4) is 0 Å². The Bertz CT molecular complexity index is 679. The number of nitrogens with one attached hydrogen (secondary N) is 1. The summed E-state index contributed by atoms with van der Waals surface area (Å²) in [5.74, 6) is 1.81. The molecule has 5 nitrogen and oxygen atoms in total. The van der Waals surface area contributed by atoms with E-state index >= 15 is 0 Å². The van der Waals surface area contributed by atoms with Crippen LogP contribution >= 0.6 is 11.8 Å². The number of carbonyl (C=O) groups excluding carboxylic acids is 1. The van der Waals surface area contributed by atoms with Crippen LogP contribution in [0.3, 0.4) is 0 Å². The number of nitrogens with zero attached hydrogens (tertiary/aromatic N) is 3. The SMILES string of the molecule is CCCCc1nnc(SCC(=O)Nc2ccc(C(C)C)cc2)n1CC. The summed E-state index contributed by atoms with van der Waals surface area (Å²) in [6.45, 7) is 9.39. The molecule has 1 aromatic heterocycles. The van der Waals surface area contributed by atoms with Gasteiger partial charge < -0.3 is 9.88 Å². The largest absolute Gasteiger partial charge is 0.325 e. The van der Waals surface area contributed by atoms with E-state index < -0.39 is 0 Å². The molecule has 1 heterocycles. The molecule has 1 N–H and O–H groups in total. The lowest BCUT2D eigenvalue weighted by Gasteiger charge is -2.09. The lowest BCUT2D eigenvalue weighted by molar-refractivity contribution is -0.113. The minimum atomic E-state index is -0.0249. The molecule has 0 spiro atoms. The van der Waals surface area contributed by atoms with Crippen molar-refractivity contribution in [2.75, 3.05) is 11.1 Å². The molecule has 2 rings (SSSR count). The van der Waals surface area contributed by atoms with Gasteiger partial charge in [0, 0.05) is 18.7 Å². The summed E-state index contributed by atoms with van der Waals surface area (Å²) >= 11 is 1.44. The summed E-state index contributed by atoms with van der Waals surface area (Å²) in [4.78, 5) is 12.2. The number of thioether (sulfide) groups is 1. The Morgan fingerprint density at radius 2 is 1.92 bits per heavy atom. The van der Waals surface area contributed by atoms with Gasteiger partial charge in [0.2, 0.25) is 5.91 Å². The predicted molar refractivity (Wildman–Crippen MR) is 104 cm³/mol. The topological polar surface area (TPSA) is 59.8 Å². The average molecular weight is 361 g/mol. The van der Waals surface area contributed by atoms with Crippen LogP contribution in [0.1, 0.15) is 57.8 Å². The van der Waals surface area contributed by atoms with Crippen LogP contribution in [-0.2, 0) is 17.8 Å². The Morgan fingerprint density at radius 1 is 1.20 bits per heavy atom. The molecule has 0 saturated heterocycles. The van der Waals surface area contributed by atoms with E-state index in [9.17, 15) is 4.79 Å². The zero-order valence-electron chi connectivity index (χ0n) is 15.6. The first-order valence-corrected chi connectivity index (χ1v) is 9.98. The van der Waals surface area contributed by atoms with E-state index in [0.717, 1.165) is 42.5 Å². The third kappa shape index (κ3) is 5.59. The number of amides is 1. The number of aromatic nitrogens is 3. The van der Waals surface area contributed by atoms with E-state index in [1.54, 1.807) is 0 Å². The molecule has 1 aromatic carbocycles. The molecular weight excluding hydrogens is 332 g/mol. The second kappa shape index (κ2) is 9.61. The van der Waals surface area contributed by atoms with Crippen molar-refractivity contribution in [3.05, 3.63) is 35.7 Å². The van der Waals surface area contributed by atoms with E-state index in [1.165, 1.54) is 17.3 Å². The number of benzene rings is 1. The average Bonchev–Trinajstić information content (AvgIpc) is 3.00. The van der Waals surface area contributed by atoms with Gasteiger partial charge in [0.05, 0.1) is 5.75 Å². The van der Waals surface area contributed by atoms with Crippen LogP contribution < -0.4 is 5.32 Å². The number of rotatable bonds is 9. The molecule has 0 unspecified atom stereocenters. The van der Waals surface area contributed by atoms with Crippen LogP contribution in [0.2, 0.25) is 0 Å². The fourth-order valence-electron chi connectivity index (χ4n) is 2.54. The zero-order valence-corrected chi connectivity index (χ0v) is 16.4. The van der Waals surface area contributed by atoms with Crippen LogP contribution in [0.15, 0.2) is 29.4 Å². The Balaban J connectivity index is 1.90. The quantitative estimate of drug-likeness (QED) is 0.669. The highest BCUT2D eigenvalue weighted by Crippen LogP contribution is 2.20. The van der Waals surface area contributed by atoms with E-state index in [-0.39, 0.29) is 5.91 Å². The highest BCUT2D eigenvalue weighted by atomic mass is 32.2. The maximum atomic E-state index is 12.2. The molecular formula is C19H28N4OS. The number of hydrogen-bond donors (Lipinski definition) is 1. The molecule has 6 heteroatoms. The van der Waals surface area contributed by atoms with Crippen molar-refractivity contribution in [1.29, 1.82) is 0 Å². The van der Waals surface area contributed by atoms with Crippen LogP contribution in [0, 0.1) is 0 Å². The maximum Gasteiger partial charge on any atom is 0.234 e. The molecule has 0 aliphatic rings. The predicted octanol–water partition coefficient (Wildman–Crippen LogP) is 4.49. The molecule has 0 radical (unpaired) electrons. The molecule has 0 atom stereocenters. The minimum Gasteiger partial charge on any atom is -0.325 e. The van der Waals surface area contributed by atoms with Gasteiger partial charge in [-0.3, -0.25) is 4.79 Å². The number of aryl methyl sites for hydroxylation is 1. The molecule has 0 bridgehead atoms. The lowest BCUT2D eigenvalue weighted by Crippen LogP contribution is -2.14. The second-order valence-corrected chi connectivity index (χ2v) is 7.30. The molecule has 25 heavy (non-hydrogen) atoms. The van der Waals surface area contributed by atoms with Crippen LogP contribution in [0.5, 0.6) is 0 Å². The first-order chi connectivity index (χ1) is 12.0. The van der Waals surface area contributed by atoms with Crippen molar-refractivity contribution in [1.82, 2.24) is 14.8 Å². The second-order valence-electron chi connectivity index (χ2n) is 6.36. The van der Waals surface area contributed by atoms with Crippen molar-refractivity contribution in [3.63, 3.8) is 0 Å². The summed E-state index contributed by atoms with van der Waals surface area (Å²) < 4.78 is 2.10. The van der Waals surface area contributed by atoms with Gasteiger partial charge in [-0.2, -0.15) is 0 Å². The van der Waals surface area contributed by atoms with Gasteiger partial charge in [-0.25, -0.2) is 0 Å². The van der Waals surface area contributed by atoms with Crippen molar-refractivity contribution in [2.45, 2.75) is 64.6 Å². The van der Waals surface area contributed by atoms with Crippen molar-refractivity contribution >= 4 is 23.4 Å². The Morgan fingerprint density at radius 3 is 2.52 bits per heavy atom. The number of anilines is 1. The fraction of sp³-hybridized carbons (Fsp3) is 0.526. The number of unbranched alkanes of at least 4 members (excludes halogenated alkanes) is 1. The Kier molecular flexibility index (Phi) is 7.50. The smallest absolute Gasteiger partial charge is 0.234 e. The number of carbonyl (C=O) groups is 1. The van der Waals surface area contributed by atoms with E-state index in [0.29, 0.717) is 11.7 Å². The van der Waals surface area contributed by atoms with Crippen LogP contribution in [0.25, 0.3) is 0 Å². The Hall–Kier alpha value is -1.82. The van der Waals surface area contributed by atoms with Crippen LogP contribution in [-0.4, -0.2) is 26.4 Å². The summed E-state index contributed by atoms with van der Waals surface area (Å²) in [6.07, 6.45) is 3.18. The first-order valence-electron chi connectivity index (χ1n) is 8.99. The summed E-state index contributed by atoms with van der Waals surface area (Å²) in [6, 6.07) is 8.02. The van der Waals surface area contributed by atoms with Gasteiger partial charge >= 0.3 is 0 Å². The Labute approximate surface area is 154 Å². The summed E-state index contributed by atoms with van der Waals surface area (Å²) in [7, 11) is 0. The zero-order chi connectivity index (χ0) is 18.2. The molecule has 1 amide bonds. The van der Waals surface area contributed by atoms with Gasteiger partial charge in [-0.1, -0.05) is 51.1 Å². The lowest BCUT2D eigenvalue weighted by atomic mass is 10.0. The molecule has 0 fully saturated rings. The summed E-state index contributed by atoms with van der Waals surface area (Å²) in [5.41, 5.74) is 2.10. The fourth-order valence-corrected chi connectivity index (χ4v) is 3.36. The molecule has 136 valence electrons. The standard InChI is InChI=1S/C19H28N4OS/c1-5-7-8-17-21-22-19(23(17)6-2)25-13-18(24)20-16-11-9-15(10-12-16)14(3)4/h9-12,14H,5-8,13H2,1-4H3,(H,20,24). The third-order valence-corrected chi connectivity index (χ3v) is 5.02. The summed E-state index contributed by atoms with van der Waals surface area (Å²) in [5, 5.41) is 12.3. The first kappa shape index (κ1) is 19.5. The van der Waals surface area contributed by atoms with Gasteiger partial charge in [-0.15, -0.1) is 10.2 Å². The highest BCUT2D eigenvalue weighted by Gasteiger charge is 2.13. The molecule has 0 aliphatic heterocycles. The molecule has 0 aliphatic carbocycles. The molecule has 2 aromatic rings. The van der Waals surface area contributed by atoms with E-state index in [2.05, 4.69) is 59.9 Å². The van der Waals surface area contributed by atoms with Crippen LogP contribution in [0.4, 0.5) is 5.69 Å². The normalized spacial score (nSPS) is 11.1. The number of hydrogen-bond acceptors (Lipinski definition) is 4.